The van der Waals surface area contributed by atoms with Crippen LogP contribution in [0.2, 0.25) is 0 Å². The molecule has 0 radical (unpaired) electrons. The highest BCUT2D eigenvalue weighted by Gasteiger charge is 2.36. The molecule has 16 heavy (non-hydrogen) atoms. The molecule has 1 aliphatic rings. The van der Waals surface area contributed by atoms with Gasteiger partial charge in [0.25, 0.3) is 0 Å². The average molecular weight is 213 g/mol. The standard InChI is InChI=1S/C13H15N3/c14-9-11-8-13(11)10-2-4-12(5-3-10)16-7-1-6-15-16/h1-7,11,13H,8-9,14H2/t11-,13-/m0/s1. The van der Waals surface area contributed by atoms with Crippen LogP contribution >= 0.6 is 0 Å². The minimum atomic E-state index is 0.691. The van der Waals surface area contributed by atoms with E-state index in [4.69, 9.17) is 5.73 Å². The summed E-state index contributed by atoms with van der Waals surface area (Å²) < 4.78 is 1.87. The summed E-state index contributed by atoms with van der Waals surface area (Å²) in [6, 6.07) is 10.6. The maximum Gasteiger partial charge on any atom is 0.0645 e. The van der Waals surface area contributed by atoms with Gasteiger partial charge in [-0.2, -0.15) is 5.10 Å². The van der Waals surface area contributed by atoms with Crippen molar-refractivity contribution in [2.45, 2.75) is 12.3 Å². The van der Waals surface area contributed by atoms with E-state index in [-0.39, 0.29) is 0 Å². The van der Waals surface area contributed by atoms with Crippen LogP contribution in [0.15, 0.2) is 42.7 Å². The van der Waals surface area contributed by atoms with Crippen molar-refractivity contribution in [1.29, 1.82) is 0 Å². The number of hydrogen-bond acceptors (Lipinski definition) is 2. The Hall–Kier alpha value is -1.61. The predicted molar refractivity (Wildman–Crippen MR) is 63.5 cm³/mol. The van der Waals surface area contributed by atoms with Crippen molar-refractivity contribution in [2.75, 3.05) is 6.54 Å². The molecule has 82 valence electrons. The fourth-order valence-electron chi connectivity index (χ4n) is 2.21. The molecular formula is C13H15N3. The van der Waals surface area contributed by atoms with E-state index in [2.05, 4.69) is 29.4 Å². The van der Waals surface area contributed by atoms with Crippen LogP contribution in [0.1, 0.15) is 17.9 Å². The molecule has 1 aromatic carbocycles. The highest BCUT2D eigenvalue weighted by atomic mass is 15.3. The Morgan fingerprint density at radius 3 is 2.69 bits per heavy atom. The fourth-order valence-corrected chi connectivity index (χ4v) is 2.21. The van der Waals surface area contributed by atoms with Crippen LogP contribution in [-0.2, 0) is 0 Å². The topological polar surface area (TPSA) is 43.8 Å². The van der Waals surface area contributed by atoms with Gasteiger partial charge in [-0.3, -0.25) is 0 Å². The number of nitrogens with two attached hydrogens (primary N) is 1. The number of rotatable bonds is 3. The molecule has 1 saturated carbocycles. The highest BCUT2D eigenvalue weighted by molar-refractivity contribution is 5.37. The van der Waals surface area contributed by atoms with Crippen molar-refractivity contribution < 1.29 is 0 Å². The lowest BCUT2D eigenvalue weighted by molar-refractivity contribution is 0.808. The van der Waals surface area contributed by atoms with Gasteiger partial charge in [-0.05, 0) is 48.6 Å². The summed E-state index contributed by atoms with van der Waals surface area (Å²) >= 11 is 0. The molecule has 0 aliphatic heterocycles. The molecule has 0 saturated heterocycles. The number of benzene rings is 1. The van der Waals surface area contributed by atoms with E-state index in [0.29, 0.717) is 11.8 Å². The second-order valence-electron chi connectivity index (χ2n) is 4.38. The summed E-state index contributed by atoms with van der Waals surface area (Å²) in [6.45, 7) is 0.811. The zero-order valence-electron chi connectivity index (χ0n) is 9.08. The Morgan fingerprint density at radius 1 is 1.31 bits per heavy atom. The molecule has 0 bridgehead atoms. The van der Waals surface area contributed by atoms with Gasteiger partial charge in [0.05, 0.1) is 5.69 Å². The minimum absolute atomic E-state index is 0.691. The van der Waals surface area contributed by atoms with Gasteiger partial charge in [-0.1, -0.05) is 12.1 Å². The molecule has 1 aliphatic carbocycles. The molecule has 3 heteroatoms. The van der Waals surface area contributed by atoms with Crippen molar-refractivity contribution in [2.24, 2.45) is 11.7 Å². The van der Waals surface area contributed by atoms with Crippen molar-refractivity contribution >= 4 is 0 Å². The molecule has 1 fully saturated rings. The molecule has 0 spiro atoms. The molecule has 1 heterocycles. The lowest BCUT2D eigenvalue weighted by atomic mass is 10.1. The van der Waals surface area contributed by atoms with Crippen LogP contribution in [0.3, 0.4) is 0 Å². The molecule has 3 nitrogen and oxygen atoms in total. The van der Waals surface area contributed by atoms with E-state index in [1.165, 1.54) is 12.0 Å². The number of hydrogen-bond donors (Lipinski definition) is 1. The van der Waals surface area contributed by atoms with E-state index in [0.717, 1.165) is 12.2 Å². The molecule has 2 atom stereocenters. The van der Waals surface area contributed by atoms with Gasteiger partial charge in [0.15, 0.2) is 0 Å². The van der Waals surface area contributed by atoms with Gasteiger partial charge in [0, 0.05) is 12.4 Å². The lowest BCUT2D eigenvalue weighted by Crippen LogP contribution is -2.02. The Morgan fingerprint density at radius 2 is 2.12 bits per heavy atom. The third-order valence-corrected chi connectivity index (χ3v) is 3.32. The largest absolute Gasteiger partial charge is 0.330 e. The fraction of sp³-hybridized carbons (Fsp3) is 0.308. The summed E-state index contributed by atoms with van der Waals surface area (Å²) in [5, 5.41) is 4.20. The normalized spacial score (nSPS) is 23.3. The van der Waals surface area contributed by atoms with E-state index >= 15 is 0 Å². The Labute approximate surface area is 94.9 Å². The summed E-state index contributed by atoms with van der Waals surface area (Å²) in [5.41, 5.74) is 8.17. The van der Waals surface area contributed by atoms with E-state index < -0.39 is 0 Å². The highest BCUT2D eigenvalue weighted by Crippen LogP contribution is 2.46. The summed E-state index contributed by atoms with van der Waals surface area (Å²) in [4.78, 5) is 0. The molecule has 0 unspecified atom stereocenters. The van der Waals surface area contributed by atoms with Crippen LogP contribution in [0.5, 0.6) is 0 Å². The van der Waals surface area contributed by atoms with Crippen LogP contribution in [0, 0.1) is 5.92 Å². The van der Waals surface area contributed by atoms with E-state index in [9.17, 15) is 0 Å². The maximum absolute atomic E-state index is 5.65. The van der Waals surface area contributed by atoms with E-state index in [1.807, 2.05) is 16.9 Å². The molecule has 2 aromatic rings. The first-order chi connectivity index (χ1) is 7.88. The van der Waals surface area contributed by atoms with Gasteiger partial charge in [-0.25, -0.2) is 4.68 Å². The monoisotopic (exact) mass is 213 g/mol. The summed E-state index contributed by atoms with van der Waals surface area (Å²) in [7, 11) is 0. The zero-order valence-corrected chi connectivity index (χ0v) is 9.08. The average Bonchev–Trinajstić information content (AvgIpc) is 2.93. The molecule has 2 N–H and O–H groups in total. The quantitative estimate of drug-likeness (QED) is 0.846. The first-order valence-corrected chi connectivity index (χ1v) is 5.68. The van der Waals surface area contributed by atoms with Gasteiger partial charge in [-0.15, -0.1) is 0 Å². The molecular weight excluding hydrogens is 198 g/mol. The number of nitrogens with zero attached hydrogens (tertiary/aromatic N) is 2. The van der Waals surface area contributed by atoms with Gasteiger partial charge in [0.1, 0.15) is 0 Å². The number of aromatic nitrogens is 2. The third kappa shape index (κ3) is 1.63. The van der Waals surface area contributed by atoms with Crippen LogP contribution < -0.4 is 5.73 Å². The minimum Gasteiger partial charge on any atom is -0.330 e. The smallest absolute Gasteiger partial charge is 0.0645 e. The molecule has 1 aromatic heterocycles. The van der Waals surface area contributed by atoms with Crippen LogP contribution in [-0.4, -0.2) is 16.3 Å². The van der Waals surface area contributed by atoms with Crippen LogP contribution in [0.4, 0.5) is 0 Å². The second-order valence-corrected chi connectivity index (χ2v) is 4.38. The van der Waals surface area contributed by atoms with Crippen molar-refractivity contribution in [3.8, 4) is 5.69 Å². The third-order valence-electron chi connectivity index (χ3n) is 3.32. The Balaban J connectivity index is 1.81. The van der Waals surface area contributed by atoms with Crippen LogP contribution in [0.25, 0.3) is 5.69 Å². The van der Waals surface area contributed by atoms with Gasteiger partial charge >= 0.3 is 0 Å². The van der Waals surface area contributed by atoms with Gasteiger partial charge < -0.3 is 5.73 Å². The Kier molecular flexibility index (Phi) is 2.26. The summed E-state index contributed by atoms with van der Waals surface area (Å²) in [6.07, 6.45) is 4.99. The maximum atomic E-state index is 5.65. The van der Waals surface area contributed by atoms with Crippen molar-refractivity contribution in [1.82, 2.24) is 9.78 Å². The van der Waals surface area contributed by atoms with Gasteiger partial charge in [0.2, 0.25) is 0 Å². The Bertz CT molecular complexity index is 458. The first kappa shape index (κ1) is 9.60. The molecule has 0 amide bonds. The SMILES string of the molecule is NC[C@@H]1C[C@H]1c1ccc(-n2cccn2)cc1. The lowest BCUT2D eigenvalue weighted by Gasteiger charge is -2.03. The zero-order chi connectivity index (χ0) is 11.0. The van der Waals surface area contributed by atoms with Crippen molar-refractivity contribution in [3.63, 3.8) is 0 Å². The molecule has 3 rings (SSSR count). The summed E-state index contributed by atoms with van der Waals surface area (Å²) in [5.74, 6) is 1.40. The van der Waals surface area contributed by atoms with E-state index in [1.54, 1.807) is 6.20 Å². The van der Waals surface area contributed by atoms with Crippen molar-refractivity contribution in [3.05, 3.63) is 48.3 Å². The second kappa shape index (κ2) is 3.76. The predicted octanol–water partition coefficient (Wildman–Crippen LogP) is 1.93. The first-order valence-electron chi connectivity index (χ1n) is 5.68.